The van der Waals surface area contributed by atoms with Gasteiger partial charge in [0.25, 0.3) is 0 Å². The zero-order valence-electron chi connectivity index (χ0n) is 12.3. The highest BCUT2D eigenvalue weighted by Gasteiger charge is 2.20. The molecule has 1 saturated carbocycles. The monoisotopic (exact) mass is 254 g/mol. The average Bonchev–Trinajstić information content (AvgIpc) is 2.55. The molecule has 1 fully saturated rings. The lowest BCUT2D eigenvalue weighted by Crippen LogP contribution is -2.33. The molecule has 0 spiro atoms. The number of carbonyl (C=O) groups excluding carboxylic acids is 1. The summed E-state index contributed by atoms with van der Waals surface area (Å²) in [6.45, 7) is 8.20. The Kier molecular flexibility index (Phi) is 7.33. The van der Waals surface area contributed by atoms with Gasteiger partial charge < -0.3 is 10.6 Å². The van der Waals surface area contributed by atoms with Gasteiger partial charge in [0.2, 0.25) is 5.91 Å². The van der Waals surface area contributed by atoms with Crippen LogP contribution in [0.25, 0.3) is 0 Å². The average molecular weight is 254 g/mol. The Labute approximate surface area is 112 Å². The summed E-state index contributed by atoms with van der Waals surface area (Å²) < 4.78 is 0. The SMILES string of the molecule is CCNC(=O)CCNC1CCCC(C(C)C)CC1. The van der Waals surface area contributed by atoms with Gasteiger partial charge >= 0.3 is 0 Å². The van der Waals surface area contributed by atoms with E-state index in [4.69, 9.17) is 0 Å². The first-order valence-electron chi connectivity index (χ1n) is 7.63. The van der Waals surface area contributed by atoms with Gasteiger partial charge in [-0.25, -0.2) is 0 Å². The minimum absolute atomic E-state index is 0.165. The van der Waals surface area contributed by atoms with E-state index in [0.29, 0.717) is 12.5 Å². The molecule has 0 aromatic carbocycles. The second-order valence-electron chi connectivity index (χ2n) is 5.87. The van der Waals surface area contributed by atoms with Crippen molar-refractivity contribution in [2.75, 3.05) is 13.1 Å². The summed E-state index contributed by atoms with van der Waals surface area (Å²) in [6.07, 6.45) is 7.22. The van der Waals surface area contributed by atoms with Crippen LogP contribution in [-0.2, 0) is 4.79 Å². The smallest absolute Gasteiger partial charge is 0.221 e. The van der Waals surface area contributed by atoms with E-state index in [2.05, 4.69) is 24.5 Å². The quantitative estimate of drug-likeness (QED) is 0.716. The van der Waals surface area contributed by atoms with Crippen LogP contribution < -0.4 is 10.6 Å². The van der Waals surface area contributed by atoms with Crippen LogP contribution in [0.15, 0.2) is 0 Å². The van der Waals surface area contributed by atoms with Gasteiger partial charge in [-0.2, -0.15) is 0 Å². The summed E-state index contributed by atoms with van der Waals surface area (Å²) in [7, 11) is 0. The van der Waals surface area contributed by atoms with Gasteiger partial charge in [0, 0.05) is 25.6 Å². The fourth-order valence-electron chi connectivity index (χ4n) is 2.88. The highest BCUT2D eigenvalue weighted by molar-refractivity contribution is 5.75. The molecule has 0 radical (unpaired) electrons. The zero-order valence-corrected chi connectivity index (χ0v) is 12.3. The maximum atomic E-state index is 11.3. The second-order valence-corrected chi connectivity index (χ2v) is 5.87. The topological polar surface area (TPSA) is 41.1 Å². The van der Waals surface area contributed by atoms with E-state index in [1.54, 1.807) is 0 Å². The molecule has 0 bridgehead atoms. The maximum absolute atomic E-state index is 11.3. The van der Waals surface area contributed by atoms with Crippen molar-refractivity contribution in [3.8, 4) is 0 Å². The van der Waals surface area contributed by atoms with Gasteiger partial charge in [0.05, 0.1) is 0 Å². The minimum Gasteiger partial charge on any atom is -0.356 e. The fraction of sp³-hybridized carbons (Fsp3) is 0.933. The van der Waals surface area contributed by atoms with Crippen LogP contribution in [0.3, 0.4) is 0 Å². The predicted octanol–water partition coefficient (Wildman–Crippen LogP) is 2.71. The largest absolute Gasteiger partial charge is 0.356 e. The van der Waals surface area contributed by atoms with Crippen molar-refractivity contribution in [2.45, 2.75) is 65.3 Å². The van der Waals surface area contributed by atoms with Gasteiger partial charge in [-0.1, -0.05) is 26.7 Å². The Balaban J connectivity index is 2.17. The third-order valence-corrected chi connectivity index (χ3v) is 4.12. The van der Waals surface area contributed by atoms with Crippen LogP contribution in [-0.4, -0.2) is 25.0 Å². The molecular weight excluding hydrogens is 224 g/mol. The predicted molar refractivity (Wildman–Crippen MR) is 76.5 cm³/mol. The normalized spacial score (nSPS) is 24.9. The Morgan fingerprint density at radius 3 is 2.67 bits per heavy atom. The summed E-state index contributed by atoms with van der Waals surface area (Å²) in [5.41, 5.74) is 0. The molecule has 1 rings (SSSR count). The van der Waals surface area contributed by atoms with Gasteiger partial charge in [0.1, 0.15) is 0 Å². The Morgan fingerprint density at radius 1 is 1.22 bits per heavy atom. The lowest BCUT2D eigenvalue weighted by Gasteiger charge is -2.19. The molecule has 0 heterocycles. The van der Waals surface area contributed by atoms with Crippen LogP contribution in [0, 0.1) is 11.8 Å². The summed E-state index contributed by atoms with van der Waals surface area (Å²) in [6, 6.07) is 0.628. The van der Waals surface area contributed by atoms with E-state index >= 15 is 0 Å². The number of rotatable bonds is 6. The van der Waals surface area contributed by atoms with Gasteiger partial charge in [-0.3, -0.25) is 4.79 Å². The van der Waals surface area contributed by atoms with E-state index in [-0.39, 0.29) is 5.91 Å². The maximum Gasteiger partial charge on any atom is 0.221 e. The van der Waals surface area contributed by atoms with Crippen molar-refractivity contribution in [1.29, 1.82) is 0 Å². The van der Waals surface area contributed by atoms with E-state index < -0.39 is 0 Å². The van der Waals surface area contributed by atoms with Gasteiger partial charge in [0.15, 0.2) is 0 Å². The standard InChI is InChI=1S/C15H30N2O/c1-4-16-15(18)10-11-17-14-7-5-6-13(8-9-14)12(2)3/h12-14,17H,4-11H2,1-3H3,(H,16,18). The van der Waals surface area contributed by atoms with Crippen LogP contribution in [0.5, 0.6) is 0 Å². The number of hydrogen-bond donors (Lipinski definition) is 2. The summed E-state index contributed by atoms with van der Waals surface area (Å²) >= 11 is 0. The fourth-order valence-corrected chi connectivity index (χ4v) is 2.88. The van der Waals surface area contributed by atoms with Crippen molar-refractivity contribution in [2.24, 2.45) is 11.8 Å². The first-order chi connectivity index (χ1) is 8.63. The highest BCUT2D eigenvalue weighted by atomic mass is 16.1. The van der Waals surface area contributed by atoms with Crippen molar-refractivity contribution < 1.29 is 4.79 Å². The summed E-state index contributed by atoms with van der Waals surface area (Å²) in [5, 5.41) is 6.39. The third-order valence-electron chi connectivity index (χ3n) is 4.12. The molecule has 1 aliphatic carbocycles. The molecule has 0 aliphatic heterocycles. The number of amides is 1. The first kappa shape index (κ1) is 15.5. The molecule has 2 unspecified atom stereocenters. The third kappa shape index (κ3) is 5.85. The summed E-state index contributed by atoms with van der Waals surface area (Å²) in [4.78, 5) is 11.3. The number of carbonyl (C=O) groups is 1. The molecule has 1 amide bonds. The van der Waals surface area contributed by atoms with E-state index in [1.807, 2.05) is 6.92 Å². The molecule has 3 heteroatoms. The highest BCUT2D eigenvalue weighted by Crippen LogP contribution is 2.28. The van der Waals surface area contributed by atoms with Crippen molar-refractivity contribution in [1.82, 2.24) is 10.6 Å². The summed E-state index contributed by atoms with van der Waals surface area (Å²) in [5.74, 6) is 1.89. The number of hydrogen-bond acceptors (Lipinski definition) is 2. The van der Waals surface area contributed by atoms with Gasteiger partial charge in [-0.05, 0) is 38.0 Å². The molecular formula is C15H30N2O. The Bertz CT molecular complexity index is 241. The molecule has 2 N–H and O–H groups in total. The Morgan fingerprint density at radius 2 is 2.00 bits per heavy atom. The van der Waals surface area contributed by atoms with E-state index in [1.165, 1.54) is 32.1 Å². The molecule has 3 nitrogen and oxygen atoms in total. The second kappa shape index (κ2) is 8.52. The van der Waals surface area contributed by atoms with Crippen molar-refractivity contribution in [3.05, 3.63) is 0 Å². The minimum atomic E-state index is 0.165. The van der Waals surface area contributed by atoms with Crippen molar-refractivity contribution in [3.63, 3.8) is 0 Å². The molecule has 106 valence electrons. The lowest BCUT2D eigenvalue weighted by atomic mass is 9.89. The van der Waals surface area contributed by atoms with E-state index in [0.717, 1.165) is 24.9 Å². The van der Waals surface area contributed by atoms with Crippen LogP contribution in [0.2, 0.25) is 0 Å². The molecule has 18 heavy (non-hydrogen) atoms. The zero-order chi connectivity index (χ0) is 13.4. The van der Waals surface area contributed by atoms with Gasteiger partial charge in [-0.15, -0.1) is 0 Å². The van der Waals surface area contributed by atoms with Crippen LogP contribution in [0.1, 0.15) is 59.3 Å². The molecule has 0 aromatic heterocycles. The molecule has 0 aromatic rings. The van der Waals surface area contributed by atoms with Crippen LogP contribution >= 0.6 is 0 Å². The number of nitrogens with one attached hydrogen (secondary N) is 2. The van der Waals surface area contributed by atoms with Crippen LogP contribution in [0.4, 0.5) is 0 Å². The molecule has 2 atom stereocenters. The van der Waals surface area contributed by atoms with Crippen molar-refractivity contribution >= 4 is 5.91 Å². The molecule has 1 aliphatic rings. The molecule has 0 saturated heterocycles. The lowest BCUT2D eigenvalue weighted by molar-refractivity contribution is -0.120. The Hall–Kier alpha value is -0.570. The first-order valence-corrected chi connectivity index (χ1v) is 7.63. The van der Waals surface area contributed by atoms with E-state index in [9.17, 15) is 4.79 Å².